The van der Waals surface area contributed by atoms with Crippen molar-refractivity contribution in [3.05, 3.63) is 64.5 Å². The molecule has 0 radical (unpaired) electrons. The van der Waals surface area contributed by atoms with Gasteiger partial charge in [0, 0.05) is 29.8 Å². The molecule has 2 bridgehead atoms. The second-order valence-corrected chi connectivity index (χ2v) is 8.07. The van der Waals surface area contributed by atoms with E-state index in [1.54, 1.807) is 18.2 Å². The molecule has 2 aromatic rings. The van der Waals surface area contributed by atoms with Crippen LogP contribution < -0.4 is 0 Å². The monoisotopic (exact) mass is 355 g/mol. The van der Waals surface area contributed by atoms with Crippen LogP contribution in [0.4, 0.5) is 4.39 Å². The Kier molecular flexibility index (Phi) is 4.28. The maximum atomic E-state index is 14.3. The molecule has 0 unspecified atom stereocenters. The summed E-state index contributed by atoms with van der Waals surface area (Å²) < 4.78 is 14.3. The Balaban J connectivity index is 1.59. The Hall–Kier alpha value is -1.91. The molecule has 2 saturated heterocycles. The highest BCUT2D eigenvalue weighted by Gasteiger charge is 2.49. The van der Waals surface area contributed by atoms with Crippen LogP contribution in [0.3, 0.4) is 0 Å². The summed E-state index contributed by atoms with van der Waals surface area (Å²) in [6.45, 7) is 4.64. The first kappa shape index (κ1) is 17.5. The number of halogens is 1. The van der Waals surface area contributed by atoms with Crippen molar-refractivity contribution in [2.45, 2.75) is 63.8 Å². The molecule has 4 heteroatoms. The van der Waals surface area contributed by atoms with Crippen molar-refractivity contribution in [3.8, 4) is 5.75 Å². The average Bonchev–Trinajstić information content (AvgIpc) is 2.83. The zero-order valence-corrected chi connectivity index (χ0v) is 15.4. The van der Waals surface area contributed by atoms with Crippen LogP contribution >= 0.6 is 0 Å². The third-order valence-corrected chi connectivity index (χ3v) is 6.17. The molecule has 2 atom stereocenters. The van der Waals surface area contributed by atoms with Crippen molar-refractivity contribution >= 4 is 0 Å². The third kappa shape index (κ3) is 2.91. The van der Waals surface area contributed by atoms with Crippen molar-refractivity contribution in [1.29, 1.82) is 0 Å². The molecular weight excluding hydrogens is 329 g/mol. The average molecular weight is 355 g/mol. The predicted molar refractivity (Wildman–Crippen MR) is 99.5 cm³/mol. The SMILES string of the molecule is Cc1cc(C)c(O)c(CN2[C@H]3CC[C@H]2CC(O)(c2ccccc2F)C3)c1. The number of aromatic hydroxyl groups is 1. The number of aliphatic hydroxyl groups is 1. The molecular formula is C22H26FNO2. The summed E-state index contributed by atoms with van der Waals surface area (Å²) >= 11 is 0. The topological polar surface area (TPSA) is 43.7 Å². The van der Waals surface area contributed by atoms with Crippen molar-refractivity contribution in [2.24, 2.45) is 0 Å². The van der Waals surface area contributed by atoms with Crippen LogP contribution in [0.5, 0.6) is 5.75 Å². The smallest absolute Gasteiger partial charge is 0.129 e. The summed E-state index contributed by atoms with van der Waals surface area (Å²) in [5.41, 5.74) is 2.30. The zero-order valence-electron chi connectivity index (χ0n) is 15.4. The van der Waals surface area contributed by atoms with Crippen molar-refractivity contribution in [3.63, 3.8) is 0 Å². The van der Waals surface area contributed by atoms with E-state index in [-0.39, 0.29) is 17.9 Å². The van der Waals surface area contributed by atoms with Gasteiger partial charge in [-0.15, -0.1) is 0 Å². The molecule has 2 fully saturated rings. The van der Waals surface area contributed by atoms with Crippen LogP contribution in [0.1, 0.15) is 47.9 Å². The number of phenols is 1. The van der Waals surface area contributed by atoms with E-state index in [1.807, 2.05) is 26.0 Å². The molecule has 3 nitrogen and oxygen atoms in total. The highest BCUT2D eigenvalue weighted by Crippen LogP contribution is 2.47. The summed E-state index contributed by atoms with van der Waals surface area (Å²) in [6, 6.07) is 11.0. The largest absolute Gasteiger partial charge is 0.507 e. The number of fused-ring (bicyclic) bond motifs is 2. The number of aryl methyl sites for hydroxylation is 2. The van der Waals surface area contributed by atoms with Crippen molar-refractivity contribution in [2.75, 3.05) is 0 Å². The van der Waals surface area contributed by atoms with E-state index in [2.05, 4.69) is 4.90 Å². The third-order valence-electron chi connectivity index (χ3n) is 6.17. The van der Waals surface area contributed by atoms with Gasteiger partial charge in [-0.05, 0) is 51.2 Å². The number of rotatable bonds is 3. The summed E-state index contributed by atoms with van der Waals surface area (Å²) in [6.07, 6.45) is 3.09. The highest BCUT2D eigenvalue weighted by atomic mass is 19.1. The lowest BCUT2D eigenvalue weighted by Gasteiger charge is -2.44. The fraction of sp³-hybridized carbons (Fsp3) is 0.455. The molecule has 138 valence electrons. The van der Waals surface area contributed by atoms with Gasteiger partial charge in [-0.3, -0.25) is 4.90 Å². The van der Waals surface area contributed by atoms with Gasteiger partial charge in [-0.25, -0.2) is 4.39 Å². The molecule has 0 saturated carbocycles. The predicted octanol–water partition coefficient (Wildman–Crippen LogP) is 4.16. The number of hydrogen-bond acceptors (Lipinski definition) is 3. The maximum Gasteiger partial charge on any atom is 0.129 e. The van der Waals surface area contributed by atoms with Gasteiger partial charge in [0.2, 0.25) is 0 Å². The lowest BCUT2D eigenvalue weighted by Crippen LogP contribution is -2.49. The van der Waals surface area contributed by atoms with E-state index >= 15 is 0 Å². The number of piperidine rings is 1. The minimum atomic E-state index is -1.10. The molecule has 2 aliphatic rings. The first-order chi connectivity index (χ1) is 12.4. The second-order valence-electron chi connectivity index (χ2n) is 8.07. The first-order valence-corrected chi connectivity index (χ1v) is 9.39. The van der Waals surface area contributed by atoms with Gasteiger partial charge < -0.3 is 10.2 Å². The molecule has 0 amide bonds. The minimum Gasteiger partial charge on any atom is -0.507 e. The standard InChI is InChI=1S/C22H26FNO2/c1-14-9-15(2)21(25)16(10-14)13-24-17-7-8-18(24)12-22(26,11-17)19-5-3-4-6-20(19)23/h3-6,9-10,17-18,25-26H,7-8,11-13H2,1-2H3/t17-,18-/m0/s1. The van der Waals surface area contributed by atoms with Crippen LogP contribution in [0.25, 0.3) is 0 Å². The van der Waals surface area contributed by atoms with Gasteiger partial charge in [0.1, 0.15) is 11.6 Å². The van der Waals surface area contributed by atoms with E-state index in [0.29, 0.717) is 30.7 Å². The molecule has 4 rings (SSSR count). The fourth-order valence-electron chi connectivity index (χ4n) is 5.00. The number of benzene rings is 2. The lowest BCUT2D eigenvalue weighted by molar-refractivity contribution is -0.0616. The Bertz CT molecular complexity index is 821. The number of nitrogens with zero attached hydrogens (tertiary/aromatic N) is 1. The normalized spacial score (nSPS) is 28.5. The van der Waals surface area contributed by atoms with Crippen LogP contribution in [-0.2, 0) is 12.1 Å². The van der Waals surface area contributed by atoms with E-state index in [0.717, 1.165) is 29.5 Å². The Morgan fingerprint density at radius 3 is 2.42 bits per heavy atom. The van der Waals surface area contributed by atoms with Crippen LogP contribution in [0.15, 0.2) is 36.4 Å². The number of hydrogen-bond donors (Lipinski definition) is 2. The van der Waals surface area contributed by atoms with E-state index < -0.39 is 5.60 Å². The van der Waals surface area contributed by atoms with Crippen molar-refractivity contribution in [1.82, 2.24) is 4.90 Å². The lowest BCUT2D eigenvalue weighted by atomic mass is 9.80. The van der Waals surface area contributed by atoms with Gasteiger partial charge in [-0.2, -0.15) is 0 Å². The summed E-state index contributed by atoms with van der Waals surface area (Å²) in [5, 5.41) is 21.7. The van der Waals surface area contributed by atoms with Crippen LogP contribution in [0.2, 0.25) is 0 Å². The van der Waals surface area contributed by atoms with Gasteiger partial charge in [-0.1, -0.05) is 35.9 Å². The summed E-state index contributed by atoms with van der Waals surface area (Å²) in [4.78, 5) is 2.39. The van der Waals surface area contributed by atoms with Crippen molar-refractivity contribution < 1.29 is 14.6 Å². The molecule has 2 aliphatic heterocycles. The summed E-state index contributed by atoms with van der Waals surface area (Å²) in [7, 11) is 0. The molecule has 2 aromatic carbocycles. The number of phenolic OH excluding ortho intramolecular Hbond substituents is 1. The molecule has 0 aliphatic carbocycles. The van der Waals surface area contributed by atoms with Gasteiger partial charge >= 0.3 is 0 Å². The maximum absolute atomic E-state index is 14.3. The molecule has 26 heavy (non-hydrogen) atoms. The van der Waals surface area contributed by atoms with Gasteiger partial charge in [0.05, 0.1) is 5.60 Å². The Morgan fingerprint density at radius 2 is 1.77 bits per heavy atom. The molecule has 2 heterocycles. The van der Waals surface area contributed by atoms with Crippen LogP contribution in [0, 0.1) is 19.7 Å². The summed E-state index contributed by atoms with van der Waals surface area (Å²) in [5.74, 6) is 0.0414. The Morgan fingerprint density at radius 1 is 1.12 bits per heavy atom. The van der Waals surface area contributed by atoms with Gasteiger partial charge in [0.15, 0.2) is 0 Å². The minimum absolute atomic E-state index is 0.207. The second kappa shape index (κ2) is 6.36. The zero-order chi connectivity index (χ0) is 18.5. The van der Waals surface area contributed by atoms with E-state index in [4.69, 9.17) is 0 Å². The van der Waals surface area contributed by atoms with E-state index in [9.17, 15) is 14.6 Å². The van der Waals surface area contributed by atoms with Gasteiger partial charge in [0.25, 0.3) is 0 Å². The quantitative estimate of drug-likeness (QED) is 0.869. The molecule has 2 N–H and O–H groups in total. The van der Waals surface area contributed by atoms with Crippen LogP contribution in [-0.4, -0.2) is 27.2 Å². The first-order valence-electron chi connectivity index (χ1n) is 9.39. The Labute approximate surface area is 154 Å². The van der Waals surface area contributed by atoms with E-state index in [1.165, 1.54) is 6.07 Å². The fourth-order valence-corrected chi connectivity index (χ4v) is 5.00. The molecule has 0 spiro atoms. The highest BCUT2D eigenvalue weighted by molar-refractivity contribution is 5.42. The molecule has 0 aromatic heterocycles.